The normalized spacial score (nSPS) is 17.6. The van der Waals surface area contributed by atoms with Crippen LogP contribution in [0.15, 0.2) is 24.3 Å². The molecule has 0 aliphatic carbocycles. The summed E-state index contributed by atoms with van der Waals surface area (Å²) in [5, 5.41) is 0. The van der Waals surface area contributed by atoms with Crippen molar-refractivity contribution in [3.63, 3.8) is 0 Å². The third-order valence-electron chi connectivity index (χ3n) is 3.31. The van der Waals surface area contributed by atoms with Crippen LogP contribution in [0.1, 0.15) is 26.3 Å². The Bertz CT molecular complexity index is 376. The zero-order valence-electron chi connectivity index (χ0n) is 11.4. The van der Waals surface area contributed by atoms with Gasteiger partial charge in [-0.3, -0.25) is 4.90 Å². The summed E-state index contributed by atoms with van der Waals surface area (Å²) in [6.45, 7) is 9.14. The summed E-state index contributed by atoms with van der Waals surface area (Å²) < 4.78 is 18.2. The van der Waals surface area contributed by atoms with Crippen LogP contribution in [0.4, 0.5) is 4.39 Å². The Balaban J connectivity index is 1.76. The maximum absolute atomic E-state index is 12.6. The van der Waals surface area contributed by atoms with Gasteiger partial charge in [0, 0.05) is 19.6 Å². The fourth-order valence-electron chi connectivity index (χ4n) is 2.03. The highest BCUT2D eigenvalue weighted by Gasteiger charge is 2.25. The Morgan fingerprint density at radius 2 is 1.83 bits per heavy atom. The van der Waals surface area contributed by atoms with Crippen molar-refractivity contribution >= 4 is 0 Å². The maximum Gasteiger partial charge on any atom is 0.125 e. The van der Waals surface area contributed by atoms with Crippen LogP contribution in [0.25, 0.3) is 0 Å². The van der Waals surface area contributed by atoms with Crippen LogP contribution < -0.4 is 4.74 Å². The van der Waals surface area contributed by atoms with Gasteiger partial charge in [-0.15, -0.1) is 0 Å². The molecule has 0 amide bonds. The van der Waals surface area contributed by atoms with Gasteiger partial charge < -0.3 is 4.74 Å². The monoisotopic (exact) mass is 251 g/mol. The summed E-state index contributed by atoms with van der Waals surface area (Å²) in [5.74, 6) is 0.889. The van der Waals surface area contributed by atoms with Crippen LogP contribution in [0, 0.1) is 0 Å². The minimum atomic E-state index is -0.629. The number of ether oxygens (including phenoxy) is 1. The van der Waals surface area contributed by atoms with Crippen LogP contribution in [-0.2, 0) is 5.41 Å². The molecule has 2 nitrogen and oxygen atoms in total. The zero-order valence-corrected chi connectivity index (χ0v) is 11.4. The molecule has 0 aromatic heterocycles. The van der Waals surface area contributed by atoms with Crippen molar-refractivity contribution < 1.29 is 9.13 Å². The fraction of sp³-hybridized carbons (Fsp3) is 0.600. The molecule has 0 radical (unpaired) electrons. The molecule has 1 aromatic rings. The first-order chi connectivity index (χ1) is 8.45. The van der Waals surface area contributed by atoms with E-state index in [-0.39, 0.29) is 5.41 Å². The lowest BCUT2D eigenvalue weighted by atomic mass is 9.87. The summed E-state index contributed by atoms with van der Waals surface area (Å²) in [5.41, 5.74) is 1.48. The molecular formula is C15H22FNO. The lowest BCUT2D eigenvalue weighted by Crippen LogP contribution is -2.49. The Labute approximate surface area is 109 Å². The van der Waals surface area contributed by atoms with Crippen LogP contribution in [0.5, 0.6) is 5.75 Å². The summed E-state index contributed by atoms with van der Waals surface area (Å²) in [4.78, 5) is 2.06. The zero-order chi connectivity index (χ0) is 13.2. The molecule has 18 heavy (non-hydrogen) atoms. The highest BCUT2D eigenvalue weighted by molar-refractivity contribution is 5.31. The van der Waals surface area contributed by atoms with Crippen molar-refractivity contribution in [1.82, 2.24) is 4.90 Å². The smallest absolute Gasteiger partial charge is 0.125 e. The van der Waals surface area contributed by atoms with E-state index in [9.17, 15) is 4.39 Å². The predicted molar refractivity (Wildman–Crippen MR) is 72.0 cm³/mol. The fourth-order valence-corrected chi connectivity index (χ4v) is 2.03. The molecule has 1 saturated heterocycles. The summed E-state index contributed by atoms with van der Waals surface area (Å²) in [7, 11) is 0. The van der Waals surface area contributed by atoms with Crippen LogP contribution in [0.2, 0.25) is 0 Å². The average Bonchev–Trinajstić information content (AvgIpc) is 2.26. The number of alkyl halides is 1. The Morgan fingerprint density at radius 3 is 2.33 bits per heavy atom. The van der Waals surface area contributed by atoms with Crippen molar-refractivity contribution in [2.45, 2.75) is 32.4 Å². The predicted octanol–water partition coefficient (Wildman–Crippen LogP) is 3.02. The molecule has 1 aromatic carbocycles. The van der Waals surface area contributed by atoms with E-state index in [1.165, 1.54) is 5.56 Å². The first-order valence-electron chi connectivity index (χ1n) is 6.55. The third-order valence-corrected chi connectivity index (χ3v) is 3.31. The maximum atomic E-state index is 12.6. The van der Waals surface area contributed by atoms with Crippen LogP contribution >= 0.6 is 0 Å². The van der Waals surface area contributed by atoms with Gasteiger partial charge in [0.15, 0.2) is 0 Å². The molecule has 0 bridgehead atoms. The molecule has 0 unspecified atom stereocenters. The Kier molecular flexibility index (Phi) is 3.91. The first-order valence-corrected chi connectivity index (χ1v) is 6.55. The van der Waals surface area contributed by atoms with Crippen molar-refractivity contribution in [3.8, 4) is 5.75 Å². The summed E-state index contributed by atoms with van der Waals surface area (Å²) in [6.07, 6.45) is -0.629. The van der Waals surface area contributed by atoms with Gasteiger partial charge in [-0.25, -0.2) is 4.39 Å². The molecule has 1 heterocycles. The second kappa shape index (κ2) is 5.27. The van der Waals surface area contributed by atoms with E-state index in [0.717, 1.165) is 12.3 Å². The average molecular weight is 251 g/mol. The summed E-state index contributed by atoms with van der Waals surface area (Å²) in [6, 6.07) is 8.23. The second-order valence-corrected chi connectivity index (χ2v) is 5.98. The summed E-state index contributed by atoms with van der Waals surface area (Å²) >= 11 is 0. The van der Waals surface area contributed by atoms with E-state index in [1.807, 2.05) is 12.1 Å². The van der Waals surface area contributed by atoms with Crippen molar-refractivity contribution in [2.75, 3.05) is 26.2 Å². The molecule has 3 heteroatoms. The largest absolute Gasteiger partial charge is 0.492 e. The highest BCUT2D eigenvalue weighted by Crippen LogP contribution is 2.24. The molecule has 1 aliphatic heterocycles. The van der Waals surface area contributed by atoms with Crippen molar-refractivity contribution in [2.24, 2.45) is 0 Å². The van der Waals surface area contributed by atoms with Gasteiger partial charge in [0.25, 0.3) is 0 Å². The molecule has 1 fully saturated rings. The van der Waals surface area contributed by atoms with Gasteiger partial charge in [0.05, 0.1) is 0 Å². The van der Waals surface area contributed by atoms with E-state index < -0.39 is 6.17 Å². The Morgan fingerprint density at radius 1 is 1.22 bits per heavy atom. The van der Waals surface area contributed by atoms with E-state index in [2.05, 4.69) is 37.8 Å². The second-order valence-electron chi connectivity index (χ2n) is 5.98. The van der Waals surface area contributed by atoms with Crippen LogP contribution in [0.3, 0.4) is 0 Å². The molecule has 2 rings (SSSR count). The lowest BCUT2D eigenvalue weighted by Gasteiger charge is -2.33. The number of benzene rings is 1. The number of likely N-dealkylation sites (tertiary alicyclic amines) is 1. The van der Waals surface area contributed by atoms with E-state index in [4.69, 9.17) is 4.74 Å². The van der Waals surface area contributed by atoms with Gasteiger partial charge in [-0.1, -0.05) is 32.9 Å². The minimum absolute atomic E-state index is 0.173. The van der Waals surface area contributed by atoms with Gasteiger partial charge in [-0.05, 0) is 23.1 Å². The van der Waals surface area contributed by atoms with Gasteiger partial charge >= 0.3 is 0 Å². The SMILES string of the molecule is CC(C)(C)c1ccc(OCCN2CC(F)C2)cc1. The Hall–Kier alpha value is -1.09. The highest BCUT2D eigenvalue weighted by atomic mass is 19.1. The van der Waals surface area contributed by atoms with Gasteiger partial charge in [0.1, 0.15) is 18.5 Å². The number of halogens is 1. The molecule has 100 valence electrons. The van der Waals surface area contributed by atoms with E-state index in [0.29, 0.717) is 19.7 Å². The molecule has 0 atom stereocenters. The minimum Gasteiger partial charge on any atom is -0.492 e. The molecule has 1 aliphatic rings. The molecular weight excluding hydrogens is 229 g/mol. The standard InChI is InChI=1S/C15H22FNO/c1-15(2,3)12-4-6-14(7-5-12)18-9-8-17-10-13(16)11-17/h4-7,13H,8-11H2,1-3H3. The molecule has 0 spiro atoms. The third kappa shape index (κ3) is 3.45. The molecule has 0 N–H and O–H groups in total. The number of hydrogen-bond acceptors (Lipinski definition) is 2. The van der Waals surface area contributed by atoms with E-state index >= 15 is 0 Å². The van der Waals surface area contributed by atoms with Gasteiger partial charge in [-0.2, -0.15) is 0 Å². The number of nitrogens with zero attached hydrogens (tertiary/aromatic N) is 1. The number of rotatable bonds is 4. The lowest BCUT2D eigenvalue weighted by molar-refractivity contribution is 0.0539. The molecule has 0 saturated carbocycles. The van der Waals surface area contributed by atoms with Gasteiger partial charge in [0.2, 0.25) is 0 Å². The first kappa shape index (κ1) is 13.3. The number of hydrogen-bond donors (Lipinski definition) is 0. The van der Waals surface area contributed by atoms with Crippen molar-refractivity contribution in [3.05, 3.63) is 29.8 Å². The van der Waals surface area contributed by atoms with Crippen LogP contribution in [-0.4, -0.2) is 37.3 Å². The van der Waals surface area contributed by atoms with E-state index in [1.54, 1.807) is 0 Å². The van der Waals surface area contributed by atoms with Crippen molar-refractivity contribution in [1.29, 1.82) is 0 Å². The topological polar surface area (TPSA) is 12.5 Å². The quantitative estimate of drug-likeness (QED) is 0.815.